The zero-order chi connectivity index (χ0) is 23.6. The van der Waals surface area contributed by atoms with Gasteiger partial charge in [-0.1, -0.05) is 66.7 Å². The largest absolute Gasteiger partial charge is 0.494 e. The molecule has 0 saturated heterocycles. The number of halogens is 2. The van der Waals surface area contributed by atoms with Gasteiger partial charge in [-0.3, -0.25) is 9.59 Å². The van der Waals surface area contributed by atoms with Crippen LogP contribution < -0.4 is 10.1 Å². The van der Waals surface area contributed by atoms with E-state index in [2.05, 4.69) is 5.32 Å². The number of amides is 2. The molecule has 1 fully saturated rings. The lowest BCUT2D eigenvalue weighted by Crippen LogP contribution is -2.50. The van der Waals surface area contributed by atoms with E-state index in [9.17, 15) is 9.59 Å². The molecule has 33 heavy (non-hydrogen) atoms. The normalized spacial score (nSPS) is 15.0. The summed E-state index contributed by atoms with van der Waals surface area (Å²) in [4.78, 5) is 27.8. The number of hydrogen-bond donors (Lipinski definition) is 1. The van der Waals surface area contributed by atoms with Gasteiger partial charge in [0, 0.05) is 29.1 Å². The standard InChI is InChI=1S/C26H32Cl2N2O3/c1-19(26(32)29-22-9-4-2-5-10-22)30(18-20-14-15-21(27)17-24(20)28)25(31)13-8-16-33-23-11-6-3-7-12-23/h3,6-7,11-12,14-15,17,19,22H,2,4-5,8-10,13,16,18H2,1H3,(H,29,32). The number of carbonyl (C=O) groups is 2. The number of para-hydroxylation sites is 1. The number of ether oxygens (including phenoxy) is 1. The molecule has 0 bridgehead atoms. The molecular weight excluding hydrogens is 459 g/mol. The highest BCUT2D eigenvalue weighted by Gasteiger charge is 2.28. The highest BCUT2D eigenvalue weighted by molar-refractivity contribution is 6.35. The third-order valence-corrected chi connectivity index (χ3v) is 6.61. The topological polar surface area (TPSA) is 58.6 Å². The van der Waals surface area contributed by atoms with Crippen LogP contribution in [0, 0.1) is 0 Å². The van der Waals surface area contributed by atoms with Crippen LogP contribution in [0.1, 0.15) is 57.4 Å². The molecule has 0 spiro atoms. The molecule has 5 nitrogen and oxygen atoms in total. The third kappa shape index (κ3) is 7.94. The lowest BCUT2D eigenvalue weighted by molar-refractivity contribution is -0.141. The van der Waals surface area contributed by atoms with E-state index in [-0.39, 0.29) is 30.8 Å². The first-order valence-electron chi connectivity index (χ1n) is 11.7. The van der Waals surface area contributed by atoms with Crippen LogP contribution in [0.2, 0.25) is 10.0 Å². The van der Waals surface area contributed by atoms with Crippen LogP contribution in [0.3, 0.4) is 0 Å². The molecule has 3 rings (SSSR count). The Labute approximate surface area is 206 Å². The zero-order valence-corrected chi connectivity index (χ0v) is 20.6. The Morgan fingerprint density at radius 2 is 1.82 bits per heavy atom. The van der Waals surface area contributed by atoms with Gasteiger partial charge in [0.2, 0.25) is 11.8 Å². The van der Waals surface area contributed by atoms with Crippen molar-refractivity contribution in [2.75, 3.05) is 6.61 Å². The van der Waals surface area contributed by atoms with Crippen molar-refractivity contribution in [2.45, 2.75) is 70.5 Å². The van der Waals surface area contributed by atoms with Crippen molar-refractivity contribution in [3.63, 3.8) is 0 Å². The molecule has 7 heteroatoms. The van der Waals surface area contributed by atoms with Crippen molar-refractivity contribution < 1.29 is 14.3 Å². The van der Waals surface area contributed by atoms with E-state index in [1.807, 2.05) is 30.3 Å². The molecule has 178 valence electrons. The highest BCUT2D eigenvalue weighted by Crippen LogP contribution is 2.24. The average molecular weight is 491 g/mol. The maximum absolute atomic E-state index is 13.2. The number of hydrogen-bond acceptors (Lipinski definition) is 3. The Bertz CT molecular complexity index is 917. The summed E-state index contributed by atoms with van der Waals surface area (Å²) in [5, 5.41) is 4.15. The highest BCUT2D eigenvalue weighted by atomic mass is 35.5. The second-order valence-electron chi connectivity index (χ2n) is 8.54. The maximum Gasteiger partial charge on any atom is 0.242 e. The first kappa shape index (κ1) is 25.4. The molecule has 1 aliphatic carbocycles. The summed E-state index contributed by atoms with van der Waals surface area (Å²) in [5.41, 5.74) is 0.757. The molecule has 0 radical (unpaired) electrons. The molecule has 1 unspecified atom stereocenters. The Morgan fingerprint density at radius 1 is 1.09 bits per heavy atom. The molecular formula is C26H32Cl2N2O3. The van der Waals surface area contributed by atoms with Crippen molar-refractivity contribution in [1.82, 2.24) is 10.2 Å². The van der Waals surface area contributed by atoms with Crippen molar-refractivity contribution in [3.8, 4) is 5.75 Å². The van der Waals surface area contributed by atoms with Crippen LogP contribution in [-0.4, -0.2) is 35.4 Å². The maximum atomic E-state index is 13.2. The molecule has 2 aromatic rings. The predicted molar refractivity (Wildman–Crippen MR) is 133 cm³/mol. The Kier molecular flexibility index (Phi) is 9.89. The van der Waals surface area contributed by atoms with E-state index in [0.29, 0.717) is 23.1 Å². The summed E-state index contributed by atoms with van der Waals surface area (Å²) in [6, 6.07) is 14.3. The van der Waals surface area contributed by atoms with Gasteiger partial charge in [-0.25, -0.2) is 0 Å². The second-order valence-corrected chi connectivity index (χ2v) is 9.39. The minimum atomic E-state index is -0.610. The lowest BCUT2D eigenvalue weighted by Gasteiger charge is -2.31. The lowest BCUT2D eigenvalue weighted by atomic mass is 9.95. The van der Waals surface area contributed by atoms with Gasteiger partial charge in [-0.2, -0.15) is 0 Å². The second kappa shape index (κ2) is 12.9. The van der Waals surface area contributed by atoms with E-state index in [0.717, 1.165) is 37.0 Å². The van der Waals surface area contributed by atoms with Crippen LogP contribution >= 0.6 is 23.2 Å². The smallest absolute Gasteiger partial charge is 0.242 e. The Balaban J connectivity index is 1.64. The molecule has 2 amide bonds. The Morgan fingerprint density at radius 3 is 2.52 bits per heavy atom. The monoisotopic (exact) mass is 490 g/mol. The van der Waals surface area contributed by atoms with Gasteiger partial charge in [0.25, 0.3) is 0 Å². The molecule has 0 heterocycles. The minimum Gasteiger partial charge on any atom is -0.494 e. The van der Waals surface area contributed by atoms with Crippen molar-refractivity contribution in [1.29, 1.82) is 0 Å². The van der Waals surface area contributed by atoms with Gasteiger partial charge >= 0.3 is 0 Å². The first-order valence-corrected chi connectivity index (χ1v) is 12.4. The van der Waals surface area contributed by atoms with Crippen molar-refractivity contribution >= 4 is 35.0 Å². The van der Waals surface area contributed by atoms with Gasteiger partial charge in [-0.05, 0) is 56.0 Å². The fourth-order valence-electron chi connectivity index (χ4n) is 4.06. The van der Waals surface area contributed by atoms with Crippen LogP contribution in [0.5, 0.6) is 5.75 Å². The molecule has 0 aliphatic heterocycles. The van der Waals surface area contributed by atoms with E-state index >= 15 is 0 Å². The van der Waals surface area contributed by atoms with Gasteiger partial charge in [0.05, 0.1) is 6.61 Å². The minimum absolute atomic E-state index is 0.107. The molecule has 1 atom stereocenters. The van der Waals surface area contributed by atoms with Gasteiger partial charge in [0.15, 0.2) is 0 Å². The number of benzene rings is 2. The number of nitrogens with one attached hydrogen (secondary N) is 1. The predicted octanol–water partition coefficient (Wildman–Crippen LogP) is 6.02. The van der Waals surface area contributed by atoms with Crippen LogP contribution in [0.25, 0.3) is 0 Å². The fraction of sp³-hybridized carbons (Fsp3) is 0.462. The summed E-state index contributed by atoms with van der Waals surface area (Å²) in [7, 11) is 0. The van der Waals surface area contributed by atoms with Gasteiger partial charge in [0.1, 0.15) is 11.8 Å². The van der Waals surface area contributed by atoms with E-state index in [4.69, 9.17) is 27.9 Å². The molecule has 1 N–H and O–H groups in total. The van der Waals surface area contributed by atoms with E-state index in [1.165, 1.54) is 6.42 Å². The average Bonchev–Trinajstić information content (AvgIpc) is 2.82. The summed E-state index contributed by atoms with van der Waals surface area (Å²) in [5.74, 6) is 0.542. The summed E-state index contributed by atoms with van der Waals surface area (Å²) in [6.07, 6.45) is 6.29. The van der Waals surface area contributed by atoms with Crippen LogP contribution in [0.4, 0.5) is 0 Å². The van der Waals surface area contributed by atoms with Crippen molar-refractivity contribution in [2.24, 2.45) is 0 Å². The molecule has 0 aromatic heterocycles. The third-order valence-electron chi connectivity index (χ3n) is 6.02. The molecule has 1 aliphatic rings. The fourth-order valence-corrected chi connectivity index (χ4v) is 4.53. The first-order chi connectivity index (χ1) is 15.9. The summed E-state index contributed by atoms with van der Waals surface area (Å²) in [6.45, 7) is 2.45. The van der Waals surface area contributed by atoms with E-state index in [1.54, 1.807) is 30.0 Å². The van der Waals surface area contributed by atoms with Crippen molar-refractivity contribution in [3.05, 3.63) is 64.1 Å². The number of rotatable bonds is 10. The van der Waals surface area contributed by atoms with Gasteiger partial charge < -0.3 is 15.0 Å². The molecule has 2 aromatic carbocycles. The number of carbonyl (C=O) groups excluding carboxylic acids is 2. The van der Waals surface area contributed by atoms with Gasteiger partial charge in [-0.15, -0.1) is 0 Å². The zero-order valence-electron chi connectivity index (χ0n) is 19.1. The van der Waals surface area contributed by atoms with E-state index < -0.39 is 6.04 Å². The SMILES string of the molecule is CC(C(=O)NC1CCCCC1)N(Cc1ccc(Cl)cc1Cl)C(=O)CCCOc1ccccc1. The summed E-state index contributed by atoms with van der Waals surface area (Å²) >= 11 is 12.4. The van der Waals surface area contributed by atoms with Crippen LogP contribution in [-0.2, 0) is 16.1 Å². The number of nitrogens with zero attached hydrogens (tertiary/aromatic N) is 1. The Hall–Kier alpha value is -2.24. The summed E-state index contributed by atoms with van der Waals surface area (Å²) < 4.78 is 5.71. The van der Waals surface area contributed by atoms with Crippen LogP contribution in [0.15, 0.2) is 48.5 Å². The molecule has 1 saturated carbocycles. The quantitative estimate of drug-likeness (QED) is 0.414.